The van der Waals surface area contributed by atoms with Crippen molar-refractivity contribution in [2.45, 2.75) is 38.3 Å². The third-order valence-corrected chi connectivity index (χ3v) is 7.18. The summed E-state index contributed by atoms with van der Waals surface area (Å²) in [5.74, 6) is 1.09. The maximum atomic E-state index is 13.7. The van der Waals surface area contributed by atoms with Crippen molar-refractivity contribution in [3.05, 3.63) is 60.2 Å². The van der Waals surface area contributed by atoms with Gasteiger partial charge in [0.25, 0.3) is 5.91 Å². The van der Waals surface area contributed by atoms with Gasteiger partial charge in [-0.2, -0.15) is 0 Å². The average Bonchev–Trinajstić information content (AvgIpc) is 3.24. The van der Waals surface area contributed by atoms with Crippen LogP contribution in [-0.2, 0) is 11.2 Å². The van der Waals surface area contributed by atoms with Crippen LogP contribution < -0.4 is 15.0 Å². The number of imide groups is 1. The number of hydrogen-bond acceptors (Lipinski definition) is 6. The number of ether oxygens (including phenoxy) is 1. The van der Waals surface area contributed by atoms with Gasteiger partial charge >= 0.3 is 6.03 Å². The number of aryl methyl sites for hydroxylation is 1. The van der Waals surface area contributed by atoms with Crippen LogP contribution in [0.15, 0.2) is 54.6 Å². The van der Waals surface area contributed by atoms with Gasteiger partial charge in [-0.3, -0.25) is 19.9 Å². The van der Waals surface area contributed by atoms with Crippen LogP contribution in [0.4, 0.5) is 10.5 Å². The van der Waals surface area contributed by atoms with E-state index in [1.807, 2.05) is 42.5 Å². The number of methoxy groups -OCH3 is 1. The second-order valence-electron chi connectivity index (χ2n) is 9.55. The van der Waals surface area contributed by atoms with Gasteiger partial charge in [0.15, 0.2) is 0 Å². The van der Waals surface area contributed by atoms with Gasteiger partial charge in [-0.25, -0.2) is 4.79 Å². The Labute approximate surface area is 201 Å². The Morgan fingerprint density at radius 3 is 2.47 bits per heavy atom. The smallest absolute Gasteiger partial charge is 0.327 e. The second kappa shape index (κ2) is 9.27. The molecular formula is C26H33N5O3. The highest BCUT2D eigenvalue weighted by molar-refractivity contribution is 6.00. The summed E-state index contributed by atoms with van der Waals surface area (Å²) in [7, 11) is 3.45. The number of hydrogen-bond donors (Lipinski definition) is 1. The number of nitrogens with zero attached hydrogens (tertiary/aromatic N) is 4. The van der Waals surface area contributed by atoms with Crippen LogP contribution in [0.3, 0.4) is 0 Å². The molecule has 4 unspecified atom stereocenters. The monoisotopic (exact) mass is 463 g/mol. The van der Waals surface area contributed by atoms with Crippen LogP contribution >= 0.6 is 0 Å². The topological polar surface area (TPSA) is 68.4 Å². The molecule has 3 fully saturated rings. The third-order valence-electron chi connectivity index (χ3n) is 7.18. The van der Waals surface area contributed by atoms with Gasteiger partial charge in [-0.15, -0.1) is 0 Å². The number of carbonyl (C=O) groups excluding carboxylic acids is 2. The van der Waals surface area contributed by atoms with Crippen molar-refractivity contribution in [3.63, 3.8) is 0 Å². The lowest BCUT2D eigenvalue weighted by atomic mass is 10.0. The maximum Gasteiger partial charge on any atom is 0.327 e. The molecule has 34 heavy (non-hydrogen) atoms. The van der Waals surface area contributed by atoms with E-state index in [1.165, 1.54) is 10.5 Å². The van der Waals surface area contributed by atoms with Crippen LogP contribution in [0.25, 0.3) is 0 Å². The molecule has 0 saturated carbocycles. The number of benzene rings is 2. The number of likely N-dealkylation sites (N-methyl/N-ethyl adjacent to an activating group) is 1. The summed E-state index contributed by atoms with van der Waals surface area (Å²) >= 11 is 0. The molecule has 3 heterocycles. The summed E-state index contributed by atoms with van der Waals surface area (Å²) in [6, 6.07) is 17.6. The molecule has 180 valence electrons. The van der Waals surface area contributed by atoms with Crippen molar-refractivity contribution >= 4 is 17.6 Å². The van der Waals surface area contributed by atoms with Crippen LogP contribution in [0, 0.1) is 5.92 Å². The first-order chi connectivity index (χ1) is 16.5. The molecule has 3 amide bonds. The number of rotatable bonds is 6. The maximum absolute atomic E-state index is 13.7. The zero-order valence-corrected chi connectivity index (χ0v) is 20.1. The Kier molecular flexibility index (Phi) is 6.18. The van der Waals surface area contributed by atoms with Gasteiger partial charge in [-0.1, -0.05) is 37.3 Å². The van der Waals surface area contributed by atoms with Crippen LogP contribution in [-0.4, -0.2) is 78.9 Å². The summed E-state index contributed by atoms with van der Waals surface area (Å²) in [6.07, 6.45) is 1.09. The van der Waals surface area contributed by atoms with Crippen molar-refractivity contribution in [2.24, 2.45) is 5.92 Å². The lowest BCUT2D eigenvalue weighted by molar-refractivity contribution is -0.138. The predicted octanol–water partition coefficient (Wildman–Crippen LogP) is 2.56. The van der Waals surface area contributed by atoms with E-state index in [0.29, 0.717) is 12.5 Å². The summed E-state index contributed by atoms with van der Waals surface area (Å²) in [6.45, 7) is 4.31. The highest BCUT2D eigenvalue weighted by Gasteiger charge is 2.56. The van der Waals surface area contributed by atoms with Crippen molar-refractivity contribution in [3.8, 4) is 5.75 Å². The van der Waals surface area contributed by atoms with Gasteiger partial charge in [-0.05, 0) is 48.6 Å². The zero-order chi connectivity index (χ0) is 23.8. The summed E-state index contributed by atoms with van der Waals surface area (Å²) in [5, 5.41) is 3.58. The largest absolute Gasteiger partial charge is 0.497 e. The molecule has 2 aromatic carbocycles. The Morgan fingerprint density at radius 2 is 1.76 bits per heavy atom. The minimum Gasteiger partial charge on any atom is -0.497 e. The van der Waals surface area contributed by atoms with E-state index in [2.05, 4.69) is 34.2 Å². The number of amides is 3. The number of anilines is 1. The van der Waals surface area contributed by atoms with Gasteiger partial charge < -0.3 is 14.5 Å². The van der Waals surface area contributed by atoms with Gasteiger partial charge in [0.2, 0.25) is 0 Å². The Hall–Kier alpha value is -3.10. The quantitative estimate of drug-likeness (QED) is 0.710. The normalized spacial score (nSPS) is 27.1. The van der Waals surface area contributed by atoms with E-state index in [4.69, 9.17) is 4.74 Å². The van der Waals surface area contributed by atoms with E-state index in [-0.39, 0.29) is 24.4 Å². The fraction of sp³-hybridized carbons (Fsp3) is 0.462. The Morgan fingerprint density at radius 1 is 1.03 bits per heavy atom. The summed E-state index contributed by atoms with van der Waals surface area (Å²) in [4.78, 5) is 34.5. The first kappa shape index (κ1) is 22.7. The minimum atomic E-state index is -0.395. The standard InChI is InChI=1S/C26H33N5O3/c1-18-16-30(20-11-13-21(34-3)14-12-20)25-27-23-22(31(25)17-18)24(32)29(26(33)28(23)2)15-7-10-19-8-5-4-6-9-19/h4-6,8-9,11-14,18,22-23,25,27H,7,10,15-17H2,1-3H3. The molecule has 0 aromatic heterocycles. The van der Waals surface area contributed by atoms with Crippen molar-refractivity contribution in [2.75, 3.05) is 38.7 Å². The molecule has 3 saturated heterocycles. The van der Waals surface area contributed by atoms with Crippen LogP contribution in [0.1, 0.15) is 18.9 Å². The van der Waals surface area contributed by atoms with E-state index in [0.717, 1.165) is 37.4 Å². The van der Waals surface area contributed by atoms with E-state index >= 15 is 0 Å². The van der Waals surface area contributed by atoms with E-state index in [1.54, 1.807) is 19.1 Å². The Bertz CT molecular complexity index is 1030. The van der Waals surface area contributed by atoms with Crippen LogP contribution in [0.2, 0.25) is 0 Å². The van der Waals surface area contributed by atoms with Crippen molar-refractivity contribution in [1.82, 2.24) is 20.0 Å². The fourth-order valence-corrected chi connectivity index (χ4v) is 5.48. The molecule has 3 aliphatic heterocycles. The van der Waals surface area contributed by atoms with Crippen LogP contribution in [0.5, 0.6) is 5.75 Å². The molecule has 5 rings (SSSR count). The molecule has 1 N–H and O–H groups in total. The van der Waals surface area contributed by atoms with Crippen molar-refractivity contribution in [1.29, 1.82) is 0 Å². The molecule has 8 nitrogen and oxygen atoms in total. The first-order valence-electron chi connectivity index (χ1n) is 12.0. The predicted molar refractivity (Wildman–Crippen MR) is 130 cm³/mol. The fourth-order valence-electron chi connectivity index (χ4n) is 5.48. The lowest BCUT2D eigenvalue weighted by Crippen LogP contribution is -2.66. The Balaban J connectivity index is 1.35. The number of urea groups is 1. The van der Waals surface area contributed by atoms with E-state index < -0.39 is 6.04 Å². The summed E-state index contributed by atoms with van der Waals surface area (Å²) in [5.41, 5.74) is 2.28. The highest BCUT2D eigenvalue weighted by atomic mass is 16.5. The highest BCUT2D eigenvalue weighted by Crippen LogP contribution is 2.35. The van der Waals surface area contributed by atoms with Gasteiger partial charge in [0, 0.05) is 32.4 Å². The molecule has 4 atom stereocenters. The molecule has 8 heteroatoms. The molecule has 0 spiro atoms. The van der Waals surface area contributed by atoms with Gasteiger partial charge in [0.05, 0.1) is 7.11 Å². The number of fused-ring (bicyclic) bond motifs is 3. The third kappa shape index (κ3) is 4.01. The SMILES string of the molecule is COc1ccc(N2CC(C)CN3C4C(=O)N(CCCc5ccccc5)C(=O)N(C)C4NC23)cc1. The minimum absolute atomic E-state index is 0.0973. The molecule has 2 aromatic rings. The molecule has 3 aliphatic rings. The molecular weight excluding hydrogens is 430 g/mol. The lowest BCUT2D eigenvalue weighted by Gasteiger charge is -2.46. The summed E-state index contributed by atoms with van der Waals surface area (Å²) < 4.78 is 5.31. The second-order valence-corrected chi connectivity index (χ2v) is 9.55. The average molecular weight is 464 g/mol. The molecule has 0 radical (unpaired) electrons. The molecule has 0 aliphatic carbocycles. The zero-order valence-electron chi connectivity index (χ0n) is 20.1. The molecule has 0 bridgehead atoms. The van der Waals surface area contributed by atoms with Crippen molar-refractivity contribution < 1.29 is 14.3 Å². The number of nitrogens with one attached hydrogen (secondary N) is 1. The van der Waals surface area contributed by atoms with E-state index in [9.17, 15) is 9.59 Å². The number of carbonyl (C=O) groups is 2. The van der Waals surface area contributed by atoms with Gasteiger partial charge in [0.1, 0.15) is 24.2 Å². The first-order valence-corrected chi connectivity index (χ1v) is 12.0.